The molecule has 0 radical (unpaired) electrons. The maximum Gasteiger partial charge on any atom is 0.242 e. The van der Waals surface area contributed by atoms with Crippen molar-refractivity contribution in [3.63, 3.8) is 0 Å². The van der Waals surface area contributed by atoms with Crippen molar-refractivity contribution in [2.75, 3.05) is 26.0 Å². The molecule has 5 aliphatic rings. The minimum absolute atomic E-state index is 0.0792. The molecule has 0 spiro atoms. The summed E-state index contributed by atoms with van der Waals surface area (Å²) in [6.45, 7) is 4.70. The Bertz CT molecular complexity index is 1540. The number of likely N-dealkylation sites (N-methyl/N-ethyl adjacent to an activating group) is 1. The third-order valence-electron chi connectivity index (χ3n) is 12.8. The third kappa shape index (κ3) is 6.51. The second-order valence-electron chi connectivity index (χ2n) is 15.4. The number of imide groups is 1. The predicted octanol–water partition coefficient (Wildman–Crippen LogP) is 1.29. The number of hydrogen-bond donors (Lipinski definition) is 6. The molecule has 4 amide bonds. The highest BCUT2D eigenvalue weighted by molar-refractivity contribution is 8.00. The standard InChI is InChI=1S/C36H52FN5O8S/c1-20-14-24-23-10-9-21-15-22(11-12-33(21,2)35(23,37)27(44)17-34(24,3)36(20,50)28(45)18-43)40-41-29(46)8-6-5-7-13-42-30(47)16-26(32(42)49)51-19-25(39-4)31(38)48/h11-12,15,20,23-27,39,43-44,50H,5-10,13-14,16-19H2,1-4H3,(H2,38,48)(H,41,46)/t20-,23+,24+,25+,26?,27+,33+,34+,35+,36+/m1/s1. The van der Waals surface area contributed by atoms with Crippen LogP contribution >= 0.6 is 11.8 Å². The van der Waals surface area contributed by atoms with Crippen molar-refractivity contribution >= 4 is 46.9 Å². The van der Waals surface area contributed by atoms with E-state index in [4.69, 9.17) is 5.73 Å². The number of aliphatic hydroxyl groups is 3. The number of hydrogen-bond acceptors (Lipinski definition) is 11. The number of amides is 4. The minimum Gasteiger partial charge on any atom is -0.390 e. The first-order valence-electron chi connectivity index (χ1n) is 17.9. The molecule has 10 atom stereocenters. The number of carbonyl (C=O) groups excluding carboxylic acids is 5. The summed E-state index contributed by atoms with van der Waals surface area (Å²) in [5, 5.41) is 39.3. The number of Topliss-reactive ketones (excluding diaryl/α,β-unsaturated/α-hetero) is 1. The van der Waals surface area contributed by atoms with Gasteiger partial charge >= 0.3 is 0 Å². The number of thioether (sulfide) groups is 1. The average molecular weight is 734 g/mol. The molecule has 4 fully saturated rings. The normalized spacial score (nSPS) is 38.6. The molecule has 282 valence electrons. The molecule has 0 aromatic heterocycles. The van der Waals surface area contributed by atoms with E-state index in [9.17, 15) is 39.3 Å². The SMILES string of the molecule is CN[C@@H](CSC1CC(=O)N(CCCCCC(=O)NN=C2C=C[C@@]3(C)C(=C2)CC[C@H]2[C@@H]4C[C@@H](C)[C@](O)(C(=O)CO)[C@@]4(C)C[C@H](O)[C@@]23F)C1=O)C(N)=O. The number of nitrogens with zero attached hydrogens (tertiary/aromatic N) is 2. The van der Waals surface area contributed by atoms with E-state index >= 15 is 4.39 Å². The average Bonchev–Trinajstić information content (AvgIpc) is 3.47. The van der Waals surface area contributed by atoms with Crippen LogP contribution in [0.15, 0.2) is 28.9 Å². The maximum atomic E-state index is 17.6. The molecule has 13 nitrogen and oxygen atoms in total. The number of rotatable bonds is 14. The van der Waals surface area contributed by atoms with Crippen LogP contribution in [0.1, 0.15) is 78.6 Å². The Morgan fingerprint density at radius 3 is 2.59 bits per heavy atom. The van der Waals surface area contributed by atoms with Crippen molar-refractivity contribution in [3.05, 3.63) is 23.8 Å². The molecule has 3 saturated carbocycles. The molecular weight excluding hydrogens is 681 g/mol. The number of fused-ring (bicyclic) bond motifs is 5. The van der Waals surface area contributed by atoms with Crippen molar-refractivity contribution in [1.82, 2.24) is 15.6 Å². The summed E-state index contributed by atoms with van der Waals surface area (Å²) in [5.74, 6) is -3.27. The van der Waals surface area contributed by atoms with E-state index in [1.807, 2.05) is 0 Å². The van der Waals surface area contributed by atoms with E-state index < -0.39 is 69.6 Å². The number of nitrogens with two attached hydrogens (primary N) is 1. The summed E-state index contributed by atoms with van der Waals surface area (Å²) >= 11 is 1.24. The Hall–Kier alpha value is -2.98. The predicted molar refractivity (Wildman–Crippen MR) is 189 cm³/mol. The Balaban J connectivity index is 1.12. The molecule has 5 rings (SSSR count). The second-order valence-corrected chi connectivity index (χ2v) is 16.6. The van der Waals surface area contributed by atoms with Crippen molar-refractivity contribution in [2.24, 2.45) is 39.4 Å². The van der Waals surface area contributed by atoms with E-state index in [2.05, 4.69) is 15.8 Å². The summed E-state index contributed by atoms with van der Waals surface area (Å²) in [5.41, 5.74) is 2.90. The van der Waals surface area contributed by atoms with Gasteiger partial charge in [-0.2, -0.15) is 5.10 Å². The van der Waals surface area contributed by atoms with Gasteiger partial charge in [0, 0.05) is 41.9 Å². The zero-order valence-corrected chi connectivity index (χ0v) is 30.6. The lowest BCUT2D eigenvalue weighted by molar-refractivity contribution is -0.219. The monoisotopic (exact) mass is 733 g/mol. The van der Waals surface area contributed by atoms with Crippen LogP contribution in [0, 0.1) is 28.6 Å². The van der Waals surface area contributed by atoms with Gasteiger partial charge in [0.2, 0.25) is 23.6 Å². The van der Waals surface area contributed by atoms with Crippen molar-refractivity contribution in [2.45, 2.75) is 107 Å². The number of likely N-dealkylation sites (tertiary alicyclic amines) is 1. The number of alkyl halides is 1. The molecule has 7 N–H and O–H groups in total. The van der Waals surface area contributed by atoms with Gasteiger partial charge in [-0.1, -0.05) is 31.9 Å². The summed E-state index contributed by atoms with van der Waals surface area (Å²) in [6, 6.07) is -0.590. The number of hydrazone groups is 1. The van der Waals surface area contributed by atoms with Crippen LogP contribution in [0.25, 0.3) is 0 Å². The molecule has 4 aliphatic carbocycles. The van der Waals surface area contributed by atoms with Gasteiger partial charge in [-0.3, -0.25) is 28.9 Å². The van der Waals surface area contributed by atoms with Gasteiger partial charge in [0.15, 0.2) is 11.5 Å². The van der Waals surface area contributed by atoms with Crippen LogP contribution in [-0.2, 0) is 24.0 Å². The Morgan fingerprint density at radius 2 is 1.92 bits per heavy atom. The second kappa shape index (κ2) is 14.8. The zero-order valence-electron chi connectivity index (χ0n) is 29.8. The van der Waals surface area contributed by atoms with Gasteiger partial charge in [0.25, 0.3) is 0 Å². The Morgan fingerprint density at radius 1 is 1.20 bits per heavy atom. The van der Waals surface area contributed by atoms with Crippen molar-refractivity contribution in [3.8, 4) is 0 Å². The number of nitrogens with one attached hydrogen (secondary N) is 2. The number of aliphatic hydroxyl groups excluding tert-OH is 2. The van der Waals surface area contributed by atoms with E-state index in [1.54, 1.807) is 46.0 Å². The fourth-order valence-corrected chi connectivity index (χ4v) is 11.1. The molecule has 0 aromatic rings. The molecule has 1 aliphatic heterocycles. The quantitative estimate of drug-likeness (QED) is 0.0856. The van der Waals surface area contributed by atoms with Crippen LogP contribution in [0.3, 0.4) is 0 Å². The van der Waals surface area contributed by atoms with E-state index in [-0.39, 0.29) is 55.2 Å². The summed E-state index contributed by atoms with van der Waals surface area (Å²) in [4.78, 5) is 63.2. The van der Waals surface area contributed by atoms with Gasteiger partial charge in [-0.05, 0) is 76.5 Å². The summed E-state index contributed by atoms with van der Waals surface area (Å²) < 4.78 is 17.6. The number of ketones is 1. The van der Waals surface area contributed by atoms with E-state index in [0.29, 0.717) is 44.2 Å². The summed E-state index contributed by atoms with van der Waals surface area (Å²) in [6.07, 6.45) is 6.75. The van der Waals surface area contributed by atoms with E-state index in [0.717, 1.165) is 5.57 Å². The van der Waals surface area contributed by atoms with Crippen LogP contribution < -0.4 is 16.5 Å². The lowest BCUT2D eigenvalue weighted by atomic mass is 9.44. The number of allylic oxidation sites excluding steroid dienone is 4. The number of unbranched alkanes of at least 4 members (excludes halogenated alkanes) is 2. The van der Waals surface area contributed by atoms with Crippen LogP contribution in [-0.4, -0.2) is 110 Å². The lowest BCUT2D eigenvalue weighted by Crippen LogP contribution is -2.69. The smallest absolute Gasteiger partial charge is 0.242 e. The summed E-state index contributed by atoms with van der Waals surface area (Å²) in [7, 11) is 1.60. The van der Waals surface area contributed by atoms with E-state index in [1.165, 1.54) is 16.7 Å². The van der Waals surface area contributed by atoms with Gasteiger partial charge in [0.1, 0.15) is 12.2 Å². The highest BCUT2D eigenvalue weighted by atomic mass is 32.2. The molecule has 0 bridgehead atoms. The Labute approximate surface area is 302 Å². The van der Waals surface area contributed by atoms with Gasteiger partial charge in [-0.25, -0.2) is 9.82 Å². The maximum absolute atomic E-state index is 17.6. The first-order chi connectivity index (χ1) is 24.0. The van der Waals surface area contributed by atoms with Gasteiger partial charge in [0.05, 0.1) is 23.1 Å². The number of halogens is 1. The zero-order chi connectivity index (χ0) is 37.5. The molecule has 1 saturated heterocycles. The lowest BCUT2D eigenvalue weighted by Gasteiger charge is -2.62. The Kier molecular flexibility index (Phi) is 11.4. The molecule has 15 heteroatoms. The fourth-order valence-electron chi connectivity index (χ4n) is 9.79. The van der Waals surface area contributed by atoms with Crippen LogP contribution in [0.2, 0.25) is 0 Å². The minimum atomic E-state index is -2.07. The van der Waals surface area contributed by atoms with Crippen molar-refractivity contribution in [1.29, 1.82) is 0 Å². The van der Waals surface area contributed by atoms with Crippen LogP contribution in [0.5, 0.6) is 0 Å². The van der Waals surface area contributed by atoms with Gasteiger partial charge < -0.3 is 26.4 Å². The van der Waals surface area contributed by atoms with Crippen molar-refractivity contribution < 1.29 is 43.7 Å². The molecular formula is C36H52FN5O8S. The first kappa shape index (κ1) is 39.2. The largest absolute Gasteiger partial charge is 0.390 e. The highest BCUT2D eigenvalue weighted by Gasteiger charge is 2.75. The number of carbonyl (C=O) groups is 5. The van der Waals surface area contributed by atoms with Gasteiger partial charge in [-0.15, -0.1) is 11.8 Å². The first-order valence-corrected chi connectivity index (χ1v) is 19.0. The topological polar surface area (TPSA) is 212 Å². The molecule has 51 heavy (non-hydrogen) atoms. The highest BCUT2D eigenvalue weighted by Crippen LogP contribution is 2.70. The molecule has 1 heterocycles. The third-order valence-corrected chi connectivity index (χ3v) is 14.1. The fraction of sp³-hybridized carbons (Fsp3) is 0.722. The molecule has 0 aromatic carbocycles. The van der Waals surface area contributed by atoms with Crippen LogP contribution in [0.4, 0.5) is 4.39 Å². The number of primary amides is 1. The molecule has 1 unspecified atom stereocenters.